The van der Waals surface area contributed by atoms with Crippen molar-refractivity contribution in [3.63, 3.8) is 0 Å². The molecular weight excluding hydrogens is 358 g/mol. The highest BCUT2D eigenvalue weighted by Crippen LogP contribution is 2.18. The molecule has 0 amide bonds. The number of Topliss-reactive ketones (excluding diaryl/α,β-unsaturated/α-hetero) is 1. The van der Waals surface area contributed by atoms with E-state index < -0.39 is 24.6 Å². The zero-order valence-electron chi connectivity index (χ0n) is 16.0. The van der Waals surface area contributed by atoms with Gasteiger partial charge in [-0.15, -0.1) is 0 Å². The Balaban J connectivity index is 1.69. The van der Waals surface area contributed by atoms with Gasteiger partial charge in [-0.25, -0.2) is 0 Å². The average Bonchev–Trinajstić information content (AvgIpc) is 2.70. The molecule has 2 aromatic rings. The first-order valence-corrected chi connectivity index (χ1v) is 9.49. The van der Waals surface area contributed by atoms with Crippen molar-refractivity contribution in [3.8, 4) is 0 Å². The van der Waals surface area contributed by atoms with Gasteiger partial charge in [0.1, 0.15) is 18.3 Å². The van der Waals surface area contributed by atoms with Crippen LogP contribution < -0.4 is 0 Å². The normalized spacial score (nSPS) is 23.5. The van der Waals surface area contributed by atoms with E-state index in [9.17, 15) is 15.0 Å². The van der Waals surface area contributed by atoms with Crippen molar-refractivity contribution in [1.82, 2.24) is 4.90 Å². The summed E-state index contributed by atoms with van der Waals surface area (Å²) in [6, 6.07) is 19.8. The third kappa shape index (κ3) is 5.70. The maximum absolute atomic E-state index is 12.8. The monoisotopic (exact) mass is 385 g/mol. The Hall–Kier alpha value is -2.09. The molecule has 0 spiro atoms. The molecule has 2 N–H and O–H groups in total. The molecule has 4 atom stereocenters. The molecule has 1 saturated heterocycles. The first kappa shape index (κ1) is 20.6. The van der Waals surface area contributed by atoms with Crippen molar-refractivity contribution >= 4 is 5.78 Å². The van der Waals surface area contributed by atoms with Gasteiger partial charge in [-0.05, 0) is 18.1 Å². The molecule has 0 radical (unpaired) electrons. The first-order chi connectivity index (χ1) is 13.5. The van der Waals surface area contributed by atoms with Gasteiger partial charge in [-0.2, -0.15) is 0 Å². The molecule has 0 bridgehead atoms. The van der Waals surface area contributed by atoms with Crippen molar-refractivity contribution in [2.75, 3.05) is 13.2 Å². The molecule has 1 aliphatic rings. The minimum absolute atomic E-state index is 0.0356. The van der Waals surface area contributed by atoms with Crippen LogP contribution in [0.4, 0.5) is 0 Å². The van der Waals surface area contributed by atoms with E-state index in [-0.39, 0.29) is 18.9 Å². The van der Waals surface area contributed by atoms with Gasteiger partial charge in [0.2, 0.25) is 0 Å². The number of ketones is 1. The fourth-order valence-electron chi connectivity index (χ4n) is 3.31. The highest BCUT2D eigenvalue weighted by Gasteiger charge is 2.38. The highest BCUT2D eigenvalue weighted by atomic mass is 16.7. The van der Waals surface area contributed by atoms with Gasteiger partial charge in [-0.3, -0.25) is 9.69 Å². The lowest BCUT2D eigenvalue weighted by Crippen LogP contribution is -2.53. The predicted octanol–water partition coefficient (Wildman–Crippen LogP) is 1.74. The number of aliphatic hydroxyl groups excluding tert-OH is 2. The number of nitrogens with zero attached hydrogens (tertiary/aromatic N) is 1. The van der Waals surface area contributed by atoms with E-state index in [1.807, 2.05) is 65.6 Å². The molecule has 6 heteroatoms. The predicted molar refractivity (Wildman–Crippen MR) is 104 cm³/mol. The molecule has 2 aromatic carbocycles. The lowest BCUT2D eigenvalue weighted by molar-refractivity contribution is -0.261. The van der Waals surface area contributed by atoms with Gasteiger partial charge in [0, 0.05) is 13.1 Å². The van der Waals surface area contributed by atoms with Crippen molar-refractivity contribution < 1.29 is 24.5 Å². The molecule has 0 aliphatic carbocycles. The van der Waals surface area contributed by atoms with Crippen LogP contribution in [0.15, 0.2) is 60.7 Å². The van der Waals surface area contributed by atoms with E-state index in [0.29, 0.717) is 13.1 Å². The van der Waals surface area contributed by atoms with E-state index >= 15 is 0 Å². The Morgan fingerprint density at radius 1 is 1.07 bits per heavy atom. The summed E-state index contributed by atoms with van der Waals surface area (Å²) in [5.74, 6) is -0.384. The number of carbonyl (C=O) groups excluding carboxylic acids is 1. The summed E-state index contributed by atoms with van der Waals surface area (Å²) in [6.45, 7) is 2.90. The molecule has 1 heterocycles. The Bertz CT molecular complexity index is 698. The summed E-state index contributed by atoms with van der Waals surface area (Å²) in [5.41, 5.74) is 2.16. The summed E-state index contributed by atoms with van der Waals surface area (Å²) >= 11 is 0. The zero-order chi connectivity index (χ0) is 19.9. The van der Waals surface area contributed by atoms with E-state index in [4.69, 9.17) is 9.47 Å². The number of carbonyl (C=O) groups is 1. The molecule has 6 nitrogen and oxygen atoms in total. The lowest BCUT2D eigenvalue weighted by atomic mass is 10.0. The minimum atomic E-state index is -1.41. The van der Waals surface area contributed by atoms with Crippen LogP contribution in [0.1, 0.15) is 18.1 Å². The van der Waals surface area contributed by atoms with Gasteiger partial charge in [0.25, 0.3) is 0 Å². The van der Waals surface area contributed by atoms with E-state index in [1.54, 1.807) is 6.92 Å². The van der Waals surface area contributed by atoms with Crippen molar-refractivity contribution in [1.29, 1.82) is 0 Å². The standard InChI is InChI=1S/C22H27NO5/c1-16-27-15-20(25)22(28-16)21(26)19(24)14-23(12-17-8-4-2-5-9-17)13-18-10-6-3-7-11-18/h2-11,16,20-22,25-26H,12-15H2,1H3/t16-,20-,21-,22-/m1/s1. The second-order valence-electron chi connectivity index (χ2n) is 7.10. The molecule has 1 fully saturated rings. The number of rotatable bonds is 8. The Labute approximate surface area is 165 Å². The third-order valence-corrected chi connectivity index (χ3v) is 4.75. The number of hydrogen-bond acceptors (Lipinski definition) is 6. The number of aliphatic hydroxyl groups is 2. The fraction of sp³-hybridized carbons (Fsp3) is 0.409. The van der Waals surface area contributed by atoms with E-state index in [0.717, 1.165) is 11.1 Å². The number of benzene rings is 2. The third-order valence-electron chi connectivity index (χ3n) is 4.75. The summed E-state index contributed by atoms with van der Waals surface area (Å²) in [5, 5.41) is 20.5. The van der Waals surface area contributed by atoms with Crippen molar-refractivity contribution in [2.24, 2.45) is 0 Å². The molecule has 3 rings (SSSR count). The topological polar surface area (TPSA) is 79.2 Å². The van der Waals surface area contributed by atoms with Crippen LogP contribution >= 0.6 is 0 Å². The van der Waals surface area contributed by atoms with Gasteiger partial charge >= 0.3 is 0 Å². The number of ether oxygens (including phenoxy) is 2. The quantitative estimate of drug-likeness (QED) is 0.721. The van der Waals surface area contributed by atoms with Crippen LogP contribution in [0, 0.1) is 0 Å². The maximum atomic E-state index is 12.8. The summed E-state index contributed by atoms with van der Waals surface area (Å²) < 4.78 is 10.6. The lowest BCUT2D eigenvalue weighted by Gasteiger charge is -2.35. The Morgan fingerprint density at radius 2 is 1.61 bits per heavy atom. The molecule has 1 aliphatic heterocycles. The van der Waals surface area contributed by atoms with Gasteiger partial charge < -0.3 is 19.7 Å². The SMILES string of the molecule is C[C@@H]1OC[C@@H](O)[C@H]([C@H](O)C(=O)CN(Cc2ccccc2)Cc2ccccc2)O1. The second kappa shape index (κ2) is 9.91. The van der Waals surface area contributed by atoms with E-state index in [1.165, 1.54) is 0 Å². The molecule has 0 aromatic heterocycles. The molecule has 0 unspecified atom stereocenters. The highest BCUT2D eigenvalue weighted by molar-refractivity contribution is 5.85. The fourth-order valence-corrected chi connectivity index (χ4v) is 3.31. The molecular formula is C22H27NO5. The van der Waals surface area contributed by atoms with Crippen LogP contribution in [-0.4, -0.2) is 58.6 Å². The summed E-state index contributed by atoms with van der Waals surface area (Å²) in [7, 11) is 0. The largest absolute Gasteiger partial charge is 0.388 e. The molecule has 28 heavy (non-hydrogen) atoms. The van der Waals surface area contributed by atoms with Crippen LogP contribution in [-0.2, 0) is 27.4 Å². The van der Waals surface area contributed by atoms with Crippen molar-refractivity contribution in [2.45, 2.75) is 44.6 Å². The molecule has 150 valence electrons. The smallest absolute Gasteiger partial charge is 0.177 e. The Morgan fingerprint density at radius 3 is 2.14 bits per heavy atom. The van der Waals surface area contributed by atoms with Crippen LogP contribution in [0.25, 0.3) is 0 Å². The van der Waals surface area contributed by atoms with Gasteiger partial charge in [0.15, 0.2) is 12.1 Å². The van der Waals surface area contributed by atoms with Crippen molar-refractivity contribution in [3.05, 3.63) is 71.8 Å². The first-order valence-electron chi connectivity index (χ1n) is 9.49. The van der Waals surface area contributed by atoms with Crippen LogP contribution in [0.2, 0.25) is 0 Å². The zero-order valence-corrected chi connectivity index (χ0v) is 16.0. The Kier molecular flexibility index (Phi) is 7.30. The van der Waals surface area contributed by atoms with Crippen LogP contribution in [0.5, 0.6) is 0 Å². The second-order valence-corrected chi connectivity index (χ2v) is 7.10. The summed E-state index contributed by atoms with van der Waals surface area (Å²) in [4.78, 5) is 14.7. The minimum Gasteiger partial charge on any atom is -0.388 e. The number of hydrogen-bond donors (Lipinski definition) is 2. The maximum Gasteiger partial charge on any atom is 0.177 e. The van der Waals surface area contributed by atoms with Gasteiger partial charge in [-0.1, -0.05) is 60.7 Å². The van der Waals surface area contributed by atoms with E-state index in [2.05, 4.69) is 0 Å². The van der Waals surface area contributed by atoms with Gasteiger partial charge in [0.05, 0.1) is 13.2 Å². The van der Waals surface area contributed by atoms with Crippen LogP contribution in [0.3, 0.4) is 0 Å². The average molecular weight is 385 g/mol. The molecule has 0 saturated carbocycles. The summed E-state index contributed by atoms with van der Waals surface area (Å²) in [6.07, 6.45) is -3.99.